The molecule has 0 bridgehead atoms. The van der Waals surface area contributed by atoms with Gasteiger partial charge in [0.15, 0.2) is 0 Å². The summed E-state index contributed by atoms with van der Waals surface area (Å²) in [7, 11) is 0. The Morgan fingerprint density at radius 1 is 1.64 bits per heavy atom. The molecule has 0 aliphatic carbocycles. The first-order chi connectivity index (χ1) is 6.75. The Kier molecular flexibility index (Phi) is 2.83. The molecule has 76 valence electrons. The number of ether oxygens (including phenoxy) is 2. The number of nitrogen functional groups attached to an aromatic ring is 1. The summed E-state index contributed by atoms with van der Waals surface area (Å²) >= 11 is 3.29. The first kappa shape index (κ1) is 9.67. The molecule has 1 unspecified atom stereocenters. The second-order valence-corrected chi connectivity index (χ2v) is 3.84. The maximum Gasteiger partial charge on any atom is 0.233 e. The highest BCUT2D eigenvalue weighted by Crippen LogP contribution is 2.24. The lowest BCUT2D eigenvalue weighted by molar-refractivity contribution is 0.137. The fourth-order valence-corrected chi connectivity index (χ4v) is 1.50. The van der Waals surface area contributed by atoms with E-state index in [1.807, 2.05) is 0 Å². The number of anilines is 1. The van der Waals surface area contributed by atoms with Crippen molar-refractivity contribution in [1.82, 2.24) is 9.97 Å². The number of hydrogen-bond donors (Lipinski definition) is 1. The van der Waals surface area contributed by atoms with Gasteiger partial charge in [-0.15, -0.1) is 0 Å². The van der Waals surface area contributed by atoms with Crippen molar-refractivity contribution in [3.05, 3.63) is 10.7 Å². The Labute approximate surface area is 89.8 Å². The molecule has 2 rings (SSSR count). The maximum absolute atomic E-state index is 5.58. The van der Waals surface area contributed by atoms with Crippen LogP contribution >= 0.6 is 15.9 Å². The molecule has 1 aromatic rings. The largest absolute Gasteiger partial charge is 0.471 e. The van der Waals surface area contributed by atoms with Crippen LogP contribution in [-0.4, -0.2) is 29.3 Å². The molecule has 0 saturated carbocycles. The molecule has 1 fully saturated rings. The second kappa shape index (κ2) is 4.10. The number of halogens is 1. The predicted molar refractivity (Wildman–Crippen MR) is 54.0 cm³/mol. The normalized spacial score (nSPS) is 21.1. The third kappa shape index (κ3) is 2.13. The van der Waals surface area contributed by atoms with Crippen molar-refractivity contribution in [2.24, 2.45) is 0 Å². The molecule has 0 radical (unpaired) electrons. The van der Waals surface area contributed by atoms with Gasteiger partial charge in [-0.25, -0.2) is 4.98 Å². The van der Waals surface area contributed by atoms with Crippen LogP contribution in [0, 0.1) is 0 Å². The lowest BCUT2D eigenvalue weighted by Gasteiger charge is -2.11. The molecule has 2 N–H and O–H groups in total. The predicted octanol–water partition coefficient (Wildman–Crippen LogP) is 0.989. The topological polar surface area (TPSA) is 70.3 Å². The monoisotopic (exact) mass is 259 g/mol. The van der Waals surface area contributed by atoms with E-state index < -0.39 is 0 Å². The van der Waals surface area contributed by atoms with Crippen LogP contribution in [0.2, 0.25) is 0 Å². The third-order valence-corrected chi connectivity index (χ3v) is 2.44. The van der Waals surface area contributed by atoms with E-state index in [9.17, 15) is 0 Å². The standard InChI is InChI=1S/C8H10BrN3O2/c9-6-3-11-8(10)12-7(6)14-5-1-2-13-4-5/h3,5H,1-2,4H2,(H2,10,11,12). The van der Waals surface area contributed by atoms with Crippen molar-refractivity contribution in [1.29, 1.82) is 0 Å². The van der Waals surface area contributed by atoms with Gasteiger partial charge in [-0.05, 0) is 15.9 Å². The Morgan fingerprint density at radius 3 is 3.21 bits per heavy atom. The van der Waals surface area contributed by atoms with Gasteiger partial charge < -0.3 is 15.2 Å². The molecule has 14 heavy (non-hydrogen) atoms. The number of rotatable bonds is 2. The summed E-state index contributed by atoms with van der Waals surface area (Å²) in [5.41, 5.74) is 5.45. The van der Waals surface area contributed by atoms with Crippen LogP contribution in [-0.2, 0) is 4.74 Å². The van der Waals surface area contributed by atoms with Crippen LogP contribution in [0.5, 0.6) is 5.88 Å². The fraction of sp³-hybridized carbons (Fsp3) is 0.500. The molecular formula is C8H10BrN3O2. The summed E-state index contributed by atoms with van der Waals surface area (Å²) in [5.74, 6) is 0.690. The van der Waals surface area contributed by atoms with E-state index in [2.05, 4.69) is 25.9 Å². The minimum Gasteiger partial charge on any atom is -0.471 e. The van der Waals surface area contributed by atoms with Gasteiger partial charge in [0.2, 0.25) is 11.8 Å². The summed E-state index contributed by atoms with van der Waals surface area (Å²) in [6.07, 6.45) is 2.53. The molecule has 0 amide bonds. The smallest absolute Gasteiger partial charge is 0.233 e. The maximum atomic E-state index is 5.58. The zero-order valence-electron chi connectivity index (χ0n) is 7.44. The van der Waals surface area contributed by atoms with Gasteiger partial charge in [0.1, 0.15) is 6.10 Å². The summed E-state index contributed by atoms with van der Waals surface area (Å²) in [6.45, 7) is 1.35. The minimum absolute atomic E-state index is 0.0700. The van der Waals surface area contributed by atoms with Crippen molar-refractivity contribution in [2.45, 2.75) is 12.5 Å². The van der Waals surface area contributed by atoms with E-state index in [0.717, 1.165) is 13.0 Å². The van der Waals surface area contributed by atoms with Crippen molar-refractivity contribution in [3.8, 4) is 5.88 Å². The Hall–Kier alpha value is -0.880. The summed E-state index contributed by atoms with van der Waals surface area (Å²) < 4.78 is 11.5. The van der Waals surface area contributed by atoms with E-state index in [4.69, 9.17) is 15.2 Å². The Bertz CT molecular complexity index is 328. The molecular weight excluding hydrogens is 250 g/mol. The highest BCUT2D eigenvalue weighted by Gasteiger charge is 2.19. The first-order valence-corrected chi connectivity index (χ1v) is 5.07. The van der Waals surface area contributed by atoms with Crippen molar-refractivity contribution in [2.75, 3.05) is 18.9 Å². The van der Waals surface area contributed by atoms with Crippen LogP contribution in [0.15, 0.2) is 10.7 Å². The Morgan fingerprint density at radius 2 is 2.50 bits per heavy atom. The SMILES string of the molecule is Nc1ncc(Br)c(OC2CCOC2)n1. The molecule has 2 heterocycles. The van der Waals surface area contributed by atoms with E-state index in [1.165, 1.54) is 0 Å². The molecule has 1 aliphatic heterocycles. The zero-order chi connectivity index (χ0) is 9.97. The van der Waals surface area contributed by atoms with Crippen molar-refractivity contribution < 1.29 is 9.47 Å². The number of hydrogen-bond acceptors (Lipinski definition) is 5. The van der Waals surface area contributed by atoms with Gasteiger partial charge in [-0.3, -0.25) is 0 Å². The van der Waals surface area contributed by atoms with Crippen LogP contribution in [0.25, 0.3) is 0 Å². The lowest BCUT2D eigenvalue weighted by atomic mass is 10.3. The van der Waals surface area contributed by atoms with E-state index in [1.54, 1.807) is 6.20 Å². The zero-order valence-corrected chi connectivity index (χ0v) is 9.03. The molecule has 0 aromatic carbocycles. The van der Waals surface area contributed by atoms with Gasteiger partial charge in [-0.2, -0.15) is 4.98 Å². The second-order valence-electron chi connectivity index (χ2n) is 2.98. The van der Waals surface area contributed by atoms with Crippen LogP contribution in [0.4, 0.5) is 5.95 Å². The summed E-state index contributed by atoms with van der Waals surface area (Å²) in [6, 6.07) is 0. The Balaban J connectivity index is 2.10. The number of aromatic nitrogens is 2. The molecule has 1 saturated heterocycles. The molecule has 0 spiro atoms. The van der Waals surface area contributed by atoms with Gasteiger partial charge >= 0.3 is 0 Å². The average molecular weight is 260 g/mol. The van der Waals surface area contributed by atoms with Crippen molar-refractivity contribution in [3.63, 3.8) is 0 Å². The molecule has 5 nitrogen and oxygen atoms in total. The van der Waals surface area contributed by atoms with Gasteiger partial charge in [0.25, 0.3) is 0 Å². The van der Waals surface area contributed by atoms with Crippen LogP contribution in [0.3, 0.4) is 0 Å². The third-order valence-electron chi connectivity index (χ3n) is 1.90. The van der Waals surface area contributed by atoms with E-state index in [0.29, 0.717) is 17.0 Å². The highest BCUT2D eigenvalue weighted by molar-refractivity contribution is 9.10. The van der Waals surface area contributed by atoms with E-state index >= 15 is 0 Å². The quantitative estimate of drug-likeness (QED) is 0.858. The van der Waals surface area contributed by atoms with Crippen molar-refractivity contribution >= 4 is 21.9 Å². The van der Waals surface area contributed by atoms with Crippen LogP contribution < -0.4 is 10.5 Å². The minimum atomic E-state index is 0.0700. The summed E-state index contributed by atoms with van der Waals surface area (Å²) in [5, 5.41) is 0. The average Bonchev–Trinajstić information content (AvgIpc) is 2.64. The molecule has 6 heteroatoms. The summed E-state index contributed by atoms with van der Waals surface area (Å²) in [4.78, 5) is 7.80. The number of nitrogens with two attached hydrogens (primary N) is 1. The highest BCUT2D eigenvalue weighted by atomic mass is 79.9. The first-order valence-electron chi connectivity index (χ1n) is 4.28. The van der Waals surface area contributed by atoms with Crippen LogP contribution in [0.1, 0.15) is 6.42 Å². The fourth-order valence-electron chi connectivity index (χ4n) is 1.21. The lowest BCUT2D eigenvalue weighted by Crippen LogP contribution is -2.17. The van der Waals surface area contributed by atoms with Gasteiger partial charge in [0.05, 0.1) is 23.9 Å². The van der Waals surface area contributed by atoms with E-state index in [-0.39, 0.29) is 12.1 Å². The molecule has 1 atom stereocenters. The number of nitrogens with zero attached hydrogens (tertiary/aromatic N) is 2. The van der Waals surface area contributed by atoms with Gasteiger partial charge in [-0.1, -0.05) is 0 Å². The van der Waals surface area contributed by atoms with Gasteiger partial charge in [0, 0.05) is 6.42 Å². The molecule has 1 aromatic heterocycles. The molecule has 1 aliphatic rings.